The molecule has 0 bridgehead atoms. The lowest BCUT2D eigenvalue weighted by Crippen LogP contribution is -2.32. The van der Waals surface area contributed by atoms with Gasteiger partial charge < -0.3 is 10.1 Å². The summed E-state index contributed by atoms with van der Waals surface area (Å²) in [6, 6.07) is 7.96. The number of nitrogens with one attached hydrogen (secondary N) is 1. The van der Waals surface area contributed by atoms with E-state index in [1.807, 2.05) is 31.2 Å². The van der Waals surface area contributed by atoms with Gasteiger partial charge in [-0.05, 0) is 77.1 Å². The van der Waals surface area contributed by atoms with Crippen molar-refractivity contribution in [3.63, 3.8) is 0 Å². The molecule has 0 fully saturated rings. The molecule has 0 radical (unpaired) electrons. The minimum absolute atomic E-state index is 0.0423. The molecule has 1 aliphatic rings. The summed E-state index contributed by atoms with van der Waals surface area (Å²) in [4.78, 5) is 12.6. The molecule has 0 saturated heterocycles. The van der Waals surface area contributed by atoms with Crippen LogP contribution in [0.15, 0.2) is 41.1 Å². The third kappa shape index (κ3) is 5.65. The summed E-state index contributed by atoms with van der Waals surface area (Å²) in [6.45, 7) is 6.82. The van der Waals surface area contributed by atoms with Gasteiger partial charge in [0, 0.05) is 18.2 Å². The molecule has 1 amide bonds. The zero-order valence-corrected chi connectivity index (χ0v) is 19.2. The summed E-state index contributed by atoms with van der Waals surface area (Å²) in [5.41, 5.74) is 2.45. The van der Waals surface area contributed by atoms with Crippen LogP contribution in [0.25, 0.3) is 11.4 Å². The number of benzene rings is 1. The summed E-state index contributed by atoms with van der Waals surface area (Å²) in [5.74, 6) is 1.64. The molecule has 1 aromatic heterocycles. The van der Waals surface area contributed by atoms with Crippen molar-refractivity contribution in [2.45, 2.75) is 69.3 Å². The molecule has 0 saturated carbocycles. The Morgan fingerprint density at radius 1 is 1.20 bits per heavy atom. The Bertz CT molecular complexity index is 874. The van der Waals surface area contributed by atoms with Gasteiger partial charge >= 0.3 is 0 Å². The van der Waals surface area contributed by atoms with Gasteiger partial charge in [-0.25, -0.2) is 0 Å². The molecule has 1 heterocycles. The highest BCUT2D eigenvalue weighted by Gasteiger charge is 2.22. The Morgan fingerprint density at radius 2 is 1.97 bits per heavy atom. The van der Waals surface area contributed by atoms with E-state index in [4.69, 9.17) is 4.74 Å². The van der Waals surface area contributed by atoms with Crippen LogP contribution in [0.2, 0.25) is 0 Å². The molecular weight excluding hydrogens is 396 g/mol. The van der Waals surface area contributed by atoms with Gasteiger partial charge in [-0.15, -0.1) is 10.2 Å². The monoisotopic (exact) mass is 428 g/mol. The van der Waals surface area contributed by atoms with Gasteiger partial charge in [0.1, 0.15) is 5.75 Å². The summed E-state index contributed by atoms with van der Waals surface area (Å²) >= 11 is 1.45. The number of ether oxygens (including phenoxy) is 1. The van der Waals surface area contributed by atoms with Gasteiger partial charge in [0.25, 0.3) is 0 Å². The summed E-state index contributed by atoms with van der Waals surface area (Å²) in [7, 11) is 1.65. The van der Waals surface area contributed by atoms with Crippen molar-refractivity contribution in [1.29, 1.82) is 0 Å². The van der Waals surface area contributed by atoms with E-state index >= 15 is 0 Å². The second-order valence-electron chi connectivity index (χ2n) is 7.91. The Hall–Kier alpha value is -2.28. The molecule has 1 atom stereocenters. The zero-order chi connectivity index (χ0) is 21.5. The van der Waals surface area contributed by atoms with Crippen LogP contribution < -0.4 is 10.1 Å². The first-order valence-electron chi connectivity index (χ1n) is 10.7. The first-order valence-corrected chi connectivity index (χ1v) is 11.6. The van der Waals surface area contributed by atoms with Crippen molar-refractivity contribution < 1.29 is 9.53 Å². The topological polar surface area (TPSA) is 69.0 Å². The molecule has 1 N–H and O–H groups in total. The summed E-state index contributed by atoms with van der Waals surface area (Å²) in [5, 5.41) is 12.4. The summed E-state index contributed by atoms with van der Waals surface area (Å²) in [6.07, 6.45) is 8.20. The van der Waals surface area contributed by atoms with Crippen molar-refractivity contribution in [1.82, 2.24) is 20.1 Å². The fraction of sp³-hybridized carbons (Fsp3) is 0.522. The zero-order valence-electron chi connectivity index (χ0n) is 18.4. The lowest BCUT2D eigenvalue weighted by Gasteiger charge is -2.17. The van der Waals surface area contributed by atoms with Crippen LogP contribution in [-0.2, 0) is 4.79 Å². The van der Waals surface area contributed by atoms with Crippen LogP contribution in [0.3, 0.4) is 0 Å². The van der Waals surface area contributed by atoms with Crippen LogP contribution in [0.1, 0.15) is 58.9 Å². The lowest BCUT2D eigenvalue weighted by atomic mass is 9.97. The number of carbonyl (C=O) groups excluding carboxylic acids is 1. The molecule has 3 rings (SSSR count). The van der Waals surface area contributed by atoms with E-state index in [-0.39, 0.29) is 17.2 Å². The Balaban J connectivity index is 1.64. The third-order valence-corrected chi connectivity index (χ3v) is 6.37. The largest absolute Gasteiger partial charge is 0.497 e. The van der Waals surface area contributed by atoms with Crippen molar-refractivity contribution in [2.75, 3.05) is 13.7 Å². The van der Waals surface area contributed by atoms with Gasteiger partial charge in [-0.1, -0.05) is 23.4 Å². The number of carbonyl (C=O) groups is 1. The molecule has 0 aliphatic heterocycles. The molecule has 162 valence electrons. The number of rotatable bonds is 9. The van der Waals surface area contributed by atoms with Crippen LogP contribution >= 0.6 is 11.8 Å². The molecule has 1 aromatic carbocycles. The van der Waals surface area contributed by atoms with Gasteiger partial charge in [0.05, 0.1) is 12.4 Å². The lowest BCUT2D eigenvalue weighted by molar-refractivity contribution is -0.120. The molecule has 1 aliphatic carbocycles. The molecule has 1 unspecified atom stereocenters. The molecule has 2 aromatic rings. The van der Waals surface area contributed by atoms with E-state index in [0.29, 0.717) is 6.54 Å². The highest BCUT2D eigenvalue weighted by atomic mass is 32.2. The second-order valence-corrected chi connectivity index (χ2v) is 9.22. The maximum absolute atomic E-state index is 12.6. The first-order chi connectivity index (χ1) is 14.5. The number of methoxy groups -OCH3 is 1. The fourth-order valence-electron chi connectivity index (χ4n) is 3.59. The van der Waals surface area contributed by atoms with Gasteiger partial charge in [0.2, 0.25) is 5.91 Å². The van der Waals surface area contributed by atoms with Crippen molar-refractivity contribution in [3.05, 3.63) is 35.9 Å². The standard InChI is InChI=1S/C23H32N4O2S/c1-16(2)27-21(19-10-12-20(29-4)13-11-19)25-26-23(27)30-17(3)22(28)24-15-14-18-8-6-5-7-9-18/h8,10-13,16-17H,5-7,9,14-15H2,1-4H3,(H,24,28). The molecule has 30 heavy (non-hydrogen) atoms. The Morgan fingerprint density at radius 3 is 2.60 bits per heavy atom. The number of aromatic nitrogens is 3. The summed E-state index contributed by atoms with van der Waals surface area (Å²) < 4.78 is 7.33. The highest BCUT2D eigenvalue weighted by molar-refractivity contribution is 8.00. The molecule has 7 heteroatoms. The normalized spacial score (nSPS) is 15.0. The van der Waals surface area contributed by atoms with Gasteiger partial charge in [-0.2, -0.15) is 0 Å². The average Bonchev–Trinajstić information content (AvgIpc) is 3.18. The highest BCUT2D eigenvalue weighted by Crippen LogP contribution is 2.30. The second kappa shape index (κ2) is 10.7. The maximum Gasteiger partial charge on any atom is 0.233 e. The Labute approximate surface area is 183 Å². The molecular formula is C23H32N4O2S. The third-order valence-electron chi connectivity index (χ3n) is 5.31. The van der Waals surface area contributed by atoms with E-state index in [2.05, 4.69) is 40.0 Å². The number of hydrogen-bond acceptors (Lipinski definition) is 5. The van der Waals surface area contributed by atoms with E-state index in [9.17, 15) is 4.79 Å². The minimum atomic E-state index is -0.240. The molecule has 6 nitrogen and oxygen atoms in total. The van der Waals surface area contributed by atoms with Crippen LogP contribution in [-0.4, -0.2) is 39.6 Å². The minimum Gasteiger partial charge on any atom is -0.497 e. The predicted octanol–water partition coefficient (Wildman–Crippen LogP) is 5.02. The SMILES string of the molecule is COc1ccc(-c2nnc(SC(C)C(=O)NCCC3=CCCCC3)n2C(C)C)cc1. The van der Waals surface area contributed by atoms with Crippen molar-refractivity contribution in [3.8, 4) is 17.1 Å². The van der Waals surface area contributed by atoms with Crippen LogP contribution in [0, 0.1) is 0 Å². The smallest absolute Gasteiger partial charge is 0.233 e. The van der Waals surface area contributed by atoms with Gasteiger partial charge in [0.15, 0.2) is 11.0 Å². The number of allylic oxidation sites excluding steroid dienone is 1. The maximum atomic E-state index is 12.6. The quantitative estimate of drug-likeness (QED) is 0.448. The number of thioether (sulfide) groups is 1. The number of nitrogens with zero attached hydrogens (tertiary/aromatic N) is 3. The predicted molar refractivity (Wildman–Crippen MR) is 122 cm³/mol. The first kappa shape index (κ1) is 22.4. The van der Waals surface area contributed by atoms with E-state index in [1.54, 1.807) is 7.11 Å². The van der Waals surface area contributed by atoms with E-state index in [0.717, 1.165) is 28.7 Å². The number of hydrogen-bond donors (Lipinski definition) is 1. The van der Waals surface area contributed by atoms with Crippen LogP contribution in [0.4, 0.5) is 0 Å². The number of amides is 1. The van der Waals surface area contributed by atoms with E-state index in [1.165, 1.54) is 43.0 Å². The van der Waals surface area contributed by atoms with Crippen molar-refractivity contribution in [2.24, 2.45) is 0 Å². The van der Waals surface area contributed by atoms with Gasteiger partial charge in [-0.3, -0.25) is 9.36 Å². The molecule has 0 spiro atoms. The fourth-order valence-corrected chi connectivity index (χ4v) is 4.60. The Kier molecular flexibility index (Phi) is 7.96. The van der Waals surface area contributed by atoms with Crippen LogP contribution in [0.5, 0.6) is 5.75 Å². The van der Waals surface area contributed by atoms with E-state index < -0.39 is 0 Å². The van der Waals surface area contributed by atoms with Crippen molar-refractivity contribution >= 4 is 17.7 Å². The average molecular weight is 429 g/mol.